The number of nitrogens with zero attached hydrogens (tertiary/aromatic N) is 1. The van der Waals surface area contributed by atoms with Gasteiger partial charge in [-0.2, -0.15) is 0 Å². The predicted octanol–water partition coefficient (Wildman–Crippen LogP) is 0.930. The van der Waals surface area contributed by atoms with E-state index in [1.807, 2.05) is 19.2 Å². The third-order valence-electron chi connectivity index (χ3n) is 1.84. The van der Waals surface area contributed by atoms with Gasteiger partial charge in [-0.05, 0) is 13.8 Å². The highest BCUT2D eigenvalue weighted by Gasteiger charge is 2.07. The minimum absolute atomic E-state index is 0.0228. The quantitative estimate of drug-likeness (QED) is 0.765. The molecule has 1 aromatic rings. The fourth-order valence-electron chi connectivity index (χ4n) is 1.05. The van der Waals surface area contributed by atoms with E-state index in [4.69, 9.17) is 0 Å². The fraction of sp³-hybridized carbons (Fsp3) is 0.556. The van der Waals surface area contributed by atoms with Crippen molar-refractivity contribution in [1.82, 2.24) is 15.6 Å². The van der Waals surface area contributed by atoms with Crippen molar-refractivity contribution in [3.8, 4) is 0 Å². The van der Waals surface area contributed by atoms with Crippen LogP contribution < -0.4 is 10.6 Å². The van der Waals surface area contributed by atoms with Gasteiger partial charge in [0.05, 0.1) is 17.7 Å². The first-order valence-corrected chi connectivity index (χ1v) is 5.56. The molecule has 0 saturated heterocycles. The van der Waals surface area contributed by atoms with Crippen LogP contribution in [0, 0.1) is 0 Å². The van der Waals surface area contributed by atoms with Gasteiger partial charge in [0, 0.05) is 18.0 Å². The van der Waals surface area contributed by atoms with E-state index in [0.717, 1.165) is 5.69 Å². The minimum Gasteiger partial charge on any atom is -0.355 e. The Morgan fingerprint density at radius 2 is 2.50 bits per heavy atom. The molecule has 5 heteroatoms. The van der Waals surface area contributed by atoms with Crippen molar-refractivity contribution in [1.29, 1.82) is 0 Å². The molecular weight excluding hydrogens is 198 g/mol. The van der Waals surface area contributed by atoms with Gasteiger partial charge in [-0.15, -0.1) is 11.3 Å². The Morgan fingerprint density at radius 1 is 1.71 bits per heavy atom. The molecule has 1 rings (SSSR count). The molecule has 1 aromatic heterocycles. The molecule has 0 bridgehead atoms. The lowest BCUT2D eigenvalue weighted by molar-refractivity contribution is -0.120. The first-order chi connectivity index (χ1) is 6.74. The SMILES string of the molecule is CCNC(=O)CNC(C)c1cscn1. The van der Waals surface area contributed by atoms with Crippen LogP contribution in [0.3, 0.4) is 0 Å². The Bertz CT molecular complexity index is 274. The molecule has 0 fully saturated rings. The Hall–Kier alpha value is -0.940. The average molecular weight is 213 g/mol. The van der Waals surface area contributed by atoms with E-state index in [0.29, 0.717) is 13.1 Å². The van der Waals surface area contributed by atoms with Crippen molar-refractivity contribution in [2.24, 2.45) is 0 Å². The summed E-state index contributed by atoms with van der Waals surface area (Å²) in [7, 11) is 0. The highest BCUT2D eigenvalue weighted by atomic mass is 32.1. The molecular formula is C9H15N3OS. The lowest BCUT2D eigenvalue weighted by Gasteiger charge is -2.10. The number of hydrogen-bond acceptors (Lipinski definition) is 4. The Balaban J connectivity index is 2.28. The molecule has 14 heavy (non-hydrogen) atoms. The maximum atomic E-state index is 11.1. The van der Waals surface area contributed by atoms with Crippen LogP contribution in [0.4, 0.5) is 0 Å². The summed E-state index contributed by atoms with van der Waals surface area (Å²) in [5.41, 5.74) is 2.78. The van der Waals surface area contributed by atoms with Crippen LogP contribution in [-0.4, -0.2) is 24.0 Å². The number of rotatable bonds is 5. The summed E-state index contributed by atoms with van der Waals surface area (Å²) < 4.78 is 0. The molecule has 0 aromatic carbocycles. The zero-order valence-corrected chi connectivity index (χ0v) is 9.23. The largest absolute Gasteiger partial charge is 0.355 e. The van der Waals surface area contributed by atoms with Crippen LogP contribution in [0.25, 0.3) is 0 Å². The molecule has 0 saturated carbocycles. The van der Waals surface area contributed by atoms with E-state index in [-0.39, 0.29) is 11.9 Å². The zero-order chi connectivity index (χ0) is 10.4. The van der Waals surface area contributed by atoms with Crippen LogP contribution in [0.1, 0.15) is 25.6 Å². The highest BCUT2D eigenvalue weighted by Crippen LogP contribution is 2.10. The van der Waals surface area contributed by atoms with E-state index >= 15 is 0 Å². The summed E-state index contributed by atoms with van der Waals surface area (Å²) in [4.78, 5) is 15.3. The number of aromatic nitrogens is 1. The van der Waals surface area contributed by atoms with Gasteiger partial charge in [-0.3, -0.25) is 4.79 Å². The molecule has 78 valence electrons. The molecule has 0 radical (unpaired) electrons. The van der Waals surface area contributed by atoms with Gasteiger partial charge in [-0.1, -0.05) is 0 Å². The van der Waals surface area contributed by atoms with Gasteiger partial charge in [-0.25, -0.2) is 4.98 Å². The maximum Gasteiger partial charge on any atom is 0.233 e. The van der Waals surface area contributed by atoms with Crippen molar-refractivity contribution in [3.05, 3.63) is 16.6 Å². The first kappa shape index (κ1) is 11.1. The maximum absolute atomic E-state index is 11.1. The Labute approximate surface area is 87.7 Å². The lowest BCUT2D eigenvalue weighted by atomic mass is 10.2. The van der Waals surface area contributed by atoms with Crippen LogP contribution in [-0.2, 0) is 4.79 Å². The van der Waals surface area contributed by atoms with E-state index in [2.05, 4.69) is 15.6 Å². The van der Waals surface area contributed by atoms with Crippen LogP contribution in [0.2, 0.25) is 0 Å². The van der Waals surface area contributed by atoms with E-state index < -0.39 is 0 Å². The zero-order valence-electron chi connectivity index (χ0n) is 8.41. The molecule has 1 amide bonds. The van der Waals surface area contributed by atoms with Crippen molar-refractivity contribution >= 4 is 17.2 Å². The monoisotopic (exact) mass is 213 g/mol. The number of nitrogens with one attached hydrogen (secondary N) is 2. The summed E-state index contributed by atoms with van der Waals surface area (Å²) >= 11 is 1.56. The third kappa shape index (κ3) is 3.43. The topological polar surface area (TPSA) is 54.0 Å². The van der Waals surface area contributed by atoms with Crippen molar-refractivity contribution in [3.63, 3.8) is 0 Å². The van der Waals surface area contributed by atoms with Gasteiger partial charge in [0.2, 0.25) is 5.91 Å². The average Bonchev–Trinajstić information content (AvgIpc) is 2.67. The number of hydrogen-bond donors (Lipinski definition) is 2. The number of carbonyl (C=O) groups excluding carboxylic acids is 1. The van der Waals surface area contributed by atoms with Crippen molar-refractivity contribution in [2.45, 2.75) is 19.9 Å². The molecule has 0 aliphatic rings. The van der Waals surface area contributed by atoms with Crippen molar-refractivity contribution < 1.29 is 4.79 Å². The lowest BCUT2D eigenvalue weighted by Crippen LogP contribution is -2.34. The third-order valence-corrected chi connectivity index (χ3v) is 2.44. The van der Waals surface area contributed by atoms with Gasteiger partial charge in [0.25, 0.3) is 0 Å². The van der Waals surface area contributed by atoms with Crippen LogP contribution >= 0.6 is 11.3 Å². The molecule has 1 unspecified atom stereocenters. The number of carbonyl (C=O) groups is 1. The van der Waals surface area contributed by atoms with Gasteiger partial charge < -0.3 is 10.6 Å². The molecule has 0 aliphatic carbocycles. The smallest absolute Gasteiger partial charge is 0.233 e. The molecule has 0 spiro atoms. The number of thiazole rings is 1. The summed E-state index contributed by atoms with van der Waals surface area (Å²) in [5, 5.41) is 7.81. The molecule has 1 heterocycles. The number of amides is 1. The second-order valence-corrected chi connectivity index (χ2v) is 3.69. The highest BCUT2D eigenvalue weighted by molar-refractivity contribution is 7.07. The first-order valence-electron chi connectivity index (χ1n) is 4.62. The second kappa shape index (κ2) is 5.72. The van der Waals surface area contributed by atoms with Crippen LogP contribution in [0.5, 0.6) is 0 Å². The molecule has 1 atom stereocenters. The summed E-state index contributed by atoms with van der Waals surface area (Å²) in [6, 6.07) is 0.129. The summed E-state index contributed by atoms with van der Waals surface area (Å²) in [5.74, 6) is 0.0228. The summed E-state index contributed by atoms with van der Waals surface area (Å²) in [6.07, 6.45) is 0. The summed E-state index contributed by atoms with van der Waals surface area (Å²) in [6.45, 7) is 4.91. The Morgan fingerprint density at radius 3 is 3.07 bits per heavy atom. The minimum atomic E-state index is 0.0228. The fourth-order valence-corrected chi connectivity index (χ4v) is 1.69. The Kier molecular flexibility index (Phi) is 4.55. The van der Waals surface area contributed by atoms with Crippen molar-refractivity contribution in [2.75, 3.05) is 13.1 Å². The normalized spacial score (nSPS) is 12.4. The second-order valence-electron chi connectivity index (χ2n) is 2.97. The predicted molar refractivity (Wildman–Crippen MR) is 57.2 cm³/mol. The molecule has 0 aliphatic heterocycles. The van der Waals surface area contributed by atoms with Gasteiger partial charge in [0.15, 0.2) is 0 Å². The van der Waals surface area contributed by atoms with E-state index in [1.165, 1.54) is 0 Å². The van der Waals surface area contributed by atoms with Crippen LogP contribution in [0.15, 0.2) is 10.9 Å². The van der Waals surface area contributed by atoms with E-state index in [9.17, 15) is 4.79 Å². The van der Waals surface area contributed by atoms with Gasteiger partial charge in [0.1, 0.15) is 0 Å². The number of likely N-dealkylation sites (N-methyl/N-ethyl adjacent to an activating group) is 1. The molecule has 2 N–H and O–H groups in total. The van der Waals surface area contributed by atoms with Gasteiger partial charge >= 0.3 is 0 Å². The standard InChI is InChI=1S/C9H15N3OS/c1-3-10-9(13)4-11-7(2)8-5-14-6-12-8/h5-7,11H,3-4H2,1-2H3,(H,10,13). The molecule has 4 nitrogen and oxygen atoms in total. The van der Waals surface area contributed by atoms with E-state index in [1.54, 1.807) is 16.8 Å².